The van der Waals surface area contributed by atoms with Gasteiger partial charge in [0.25, 0.3) is 5.56 Å². The molecule has 2 amide bonds. The first-order valence-electron chi connectivity index (χ1n) is 9.08. The molecule has 2 aromatic rings. The molecule has 0 aromatic carbocycles. The fraction of sp³-hybridized carbons (Fsp3) is 0.421. The molecule has 0 unspecified atom stereocenters. The second-order valence-corrected chi connectivity index (χ2v) is 7.97. The monoisotopic (exact) mass is 438 g/mol. The molecule has 0 fully saturated rings. The number of nitrogens with zero attached hydrogens (tertiary/aromatic N) is 2. The van der Waals surface area contributed by atoms with E-state index in [1.807, 2.05) is 0 Å². The maximum absolute atomic E-state index is 12.6. The number of halogens is 1. The number of rotatable bonds is 7. The van der Waals surface area contributed by atoms with Gasteiger partial charge in [-0.1, -0.05) is 11.6 Å². The van der Waals surface area contributed by atoms with Gasteiger partial charge in [0, 0.05) is 30.2 Å². The number of hydrogen-bond donors (Lipinski definition) is 3. The Morgan fingerprint density at radius 1 is 1.30 bits per heavy atom. The number of carbonyl (C=O) groups excluding carboxylic acids is 2. The Morgan fingerprint density at radius 3 is 2.63 bits per heavy atom. The van der Waals surface area contributed by atoms with Gasteiger partial charge in [-0.05, 0) is 32.9 Å². The fourth-order valence-electron chi connectivity index (χ4n) is 2.58. The maximum Gasteiger partial charge on any atom is 0.407 e. The van der Waals surface area contributed by atoms with Gasteiger partial charge in [0.1, 0.15) is 17.8 Å². The zero-order valence-corrected chi connectivity index (χ0v) is 17.6. The number of H-pyrrole nitrogens is 1. The standard InChI is InChI=1S/C19H23ClN4O6/c1-19(2,3)30-18(29)21-4-5-24(10-15(26)27)14(25)8-12-6-11-7-13(20)9-22-16(11)23-17(12)28/h6-7,9H,4-5,8,10H2,1-3H3,(H,21,29)(H,26,27)(H,22,23,28). The Kier molecular flexibility index (Phi) is 7.38. The lowest BCUT2D eigenvalue weighted by Gasteiger charge is -2.22. The lowest BCUT2D eigenvalue weighted by atomic mass is 10.1. The minimum atomic E-state index is -1.22. The predicted molar refractivity (Wildman–Crippen MR) is 110 cm³/mol. The third-order valence-corrected chi connectivity index (χ3v) is 4.01. The Labute approximate surface area is 177 Å². The topological polar surface area (TPSA) is 142 Å². The number of aromatic nitrogens is 2. The SMILES string of the molecule is CC(C)(C)OC(=O)NCCN(CC(=O)O)C(=O)Cc1cc2cc(Cl)cnc2[nH]c1=O. The molecule has 0 aliphatic heterocycles. The van der Waals surface area contributed by atoms with Crippen LogP contribution >= 0.6 is 11.6 Å². The summed E-state index contributed by atoms with van der Waals surface area (Å²) in [7, 11) is 0. The van der Waals surface area contributed by atoms with Crippen molar-refractivity contribution in [3.05, 3.63) is 39.3 Å². The van der Waals surface area contributed by atoms with Crippen molar-refractivity contribution in [3.63, 3.8) is 0 Å². The number of carboxylic acid groups (broad SMARTS) is 1. The quantitative estimate of drug-likeness (QED) is 0.595. The molecule has 0 aliphatic rings. The van der Waals surface area contributed by atoms with E-state index < -0.39 is 35.7 Å². The van der Waals surface area contributed by atoms with Gasteiger partial charge in [-0.3, -0.25) is 14.4 Å². The van der Waals surface area contributed by atoms with Crippen LogP contribution in [-0.2, 0) is 20.7 Å². The highest BCUT2D eigenvalue weighted by molar-refractivity contribution is 6.31. The number of hydrogen-bond acceptors (Lipinski definition) is 6. The van der Waals surface area contributed by atoms with Crippen LogP contribution in [0.5, 0.6) is 0 Å². The van der Waals surface area contributed by atoms with Crippen molar-refractivity contribution >= 4 is 40.6 Å². The summed E-state index contributed by atoms with van der Waals surface area (Å²) < 4.78 is 5.09. The largest absolute Gasteiger partial charge is 0.480 e. The van der Waals surface area contributed by atoms with Gasteiger partial charge in [0.15, 0.2) is 0 Å². The Bertz CT molecular complexity index is 1010. The number of carboxylic acids is 1. The van der Waals surface area contributed by atoms with Crippen LogP contribution in [0.2, 0.25) is 5.02 Å². The molecule has 2 heterocycles. The van der Waals surface area contributed by atoms with Gasteiger partial charge in [-0.15, -0.1) is 0 Å². The predicted octanol–water partition coefficient (Wildman–Crippen LogP) is 1.56. The van der Waals surface area contributed by atoms with E-state index in [0.29, 0.717) is 16.1 Å². The Hall–Kier alpha value is -3.14. The first-order chi connectivity index (χ1) is 13.9. The number of alkyl carbamates (subject to hydrolysis) is 1. The lowest BCUT2D eigenvalue weighted by Crippen LogP contribution is -2.43. The van der Waals surface area contributed by atoms with Gasteiger partial charge in [0.2, 0.25) is 5.91 Å². The highest BCUT2D eigenvalue weighted by Crippen LogP contribution is 2.15. The number of carbonyl (C=O) groups is 3. The third-order valence-electron chi connectivity index (χ3n) is 3.81. The molecule has 2 aromatic heterocycles. The average molecular weight is 439 g/mol. The fourth-order valence-corrected chi connectivity index (χ4v) is 2.75. The molecule has 10 nitrogen and oxygen atoms in total. The number of nitrogens with one attached hydrogen (secondary N) is 2. The first-order valence-corrected chi connectivity index (χ1v) is 9.46. The zero-order valence-electron chi connectivity index (χ0n) is 16.8. The van der Waals surface area contributed by atoms with Crippen molar-refractivity contribution in [1.29, 1.82) is 0 Å². The van der Waals surface area contributed by atoms with Gasteiger partial charge in [0.05, 0.1) is 11.4 Å². The molecular weight excluding hydrogens is 416 g/mol. The minimum Gasteiger partial charge on any atom is -0.480 e. The molecule has 0 aliphatic carbocycles. The molecule has 0 spiro atoms. The molecule has 0 bridgehead atoms. The minimum absolute atomic E-state index is 0.0124. The first kappa shape index (κ1) is 23.1. The molecular formula is C19H23ClN4O6. The summed E-state index contributed by atoms with van der Waals surface area (Å²) in [4.78, 5) is 55.3. The van der Waals surface area contributed by atoms with Gasteiger partial charge in [-0.2, -0.15) is 0 Å². The number of aliphatic carboxylic acids is 1. The number of fused-ring (bicyclic) bond motifs is 1. The van der Waals surface area contributed by atoms with Gasteiger partial charge in [-0.25, -0.2) is 9.78 Å². The summed E-state index contributed by atoms with van der Waals surface area (Å²) in [5.74, 6) is -1.80. The van der Waals surface area contributed by atoms with E-state index in [4.69, 9.17) is 21.4 Å². The number of amides is 2. The van der Waals surface area contributed by atoms with E-state index in [-0.39, 0.29) is 25.1 Å². The van der Waals surface area contributed by atoms with Crippen LogP contribution in [0.15, 0.2) is 23.1 Å². The average Bonchev–Trinajstić information content (AvgIpc) is 2.60. The molecule has 162 valence electrons. The van der Waals surface area contributed by atoms with Crippen LogP contribution in [-0.4, -0.2) is 63.2 Å². The molecule has 0 saturated heterocycles. The summed E-state index contributed by atoms with van der Waals surface area (Å²) >= 11 is 5.91. The molecule has 2 rings (SSSR count). The van der Waals surface area contributed by atoms with Crippen LogP contribution in [0, 0.1) is 0 Å². The number of ether oxygens (including phenoxy) is 1. The van der Waals surface area contributed by atoms with Crippen LogP contribution in [0.1, 0.15) is 26.3 Å². The lowest BCUT2D eigenvalue weighted by molar-refractivity contribution is -0.144. The van der Waals surface area contributed by atoms with Crippen molar-refractivity contribution in [1.82, 2.24) is 20.2 Å². The number of aromatic amines is 1. The smallest absolute Gasteiger partial charge is 0.407 e. The van der Waals surface area contributed by atoms with E-state index in [2.05, 4.69) is 15.3 Å². The highest BCUT2D eigenvalue weighted by Gasteiger charge is 2.20. The summed E-state index contributed by atoms with van der Waals surface area (Å²) in [5.41, 5.74) is -0.723. The molecule has 0 atom stereocenters. The second kappa shape index (κ2) is 9.57. The van der Waals surface area contributed by atoms with E-state index in [1.165, 1.54) is 12.3 Å². The van der Waals surface area contributed by atoms with Crippen molar-refractivity contribution in [3.8, 4) is 0 Å². The maximum atomic E-state index is 12.6. The van der Waals surface area contributed by atoms with Crippen LogP contribution in [0.3, 0.4) is 0 Å². The molecule has 0 radical (unpaired) electrons. The van der Waals surface area contributed by atoms with Crippen LogP contribution in [0.4, 0.5) is 4.79 Å². The van der Waals surface area contributed by atoms with Crippen LogP contribution in [0.25, 0.3) is 11.0 Å². The summed E-state index contributed by atoms with van der Waals surface area (Å²) in [6.07, 6.45) is 0.384. The van der Waals surface area contributed by atoms with Gasteiger partial charge >= 0.3 is 12.1 Å². The molecule has 3 N–H and O–H groups in total. The van der Waals surface area contributed by atoms with E-state index in [0.717, 1.165) is 4.90 Å². The Morgan fingerprint density at radius 2 is 2.00 bits per heavy atom. The van der Waals surface area contributed by atoms with Crippen LogP contribution < -0.4 is 10.9 Å². The third kappa shape index (κ3) is 7.03. The van der Waals surface area contributed by atoms with E-state index in [9.17, 15) is 19.2 Å². The summed E-state index contributed by atoms with van der Waals surface area (Å²) in [5, 5.41) is 12.5. The van der Waals surface area contributed by atoms with E-state index >= 15 is 0 Å². The summed E-state index contributed by atoms with van der Waals surface area (Å²) in [6, 6.07) is 3.08. The molecule has 0 saturated carbocycles. The molecule has 30 heavy (non-hydrogen) atoms. The van der Waals surface area contributed by atoms with E-state index in [1.54, 1.807) is 26.8 Å². The second-order valence-electron chi connectivity index (χ2n) is 7.53. The van der Waals surface area contributed by atoms with Crippen molar-refractivity contribution < 1.29 is 24.2 Å². The highest BCUT2D eigenvalue weighted by atomic mass is 35.5. The number of pyridine rings is 2. The van der Waals surface area contributed by atoms with Gasteiger partial charge < -0.3 is 25.0 Å². The van der Waals surface area contributed by atoms with Crippen molar-refractivity contribution in [2.75, 3.05) is 19.6 Å². The normalized spacial score (nSPS) is 11.2. The van der Waals surface area contributed by atoms with Crippen molar-refractivity contribution in [2.45, 2.75) is 32.8 Å². The van der Waals surface area contributed by atoms with Crippen molar-refractivity contribution in [2.24, 2.45) is 0 Å². The molecule has 11 heteroatoms. The Balaban J connectivity index is 2.08. The summed E-state index contributed by atoms with van der Waals surface area (Å²) in [6.45, 7) is 4.46. The zero-order chi connectivity index (χ0) is 22.5.